The van der Waals surface area contributed by atoms with E-state index in [1.807, 2.05) is 19.1 Å². The minimum absolute atomic E-state index is 0.154. The third kappa shape index (κ3) is 4.46. The number of nitrogens with zero attached hydrogens (tertiary/aromatic N) is 1. The van der Waals surface area contributed by atoms with E-state index in [1.54, 1.807) is 0 Å². The van der Waals surface area contributed by atoms with E-state index in [9.17, 15) is 4.79 Å². The van der Waals surface area contributed by atoms with Gasteiger partial charge in [0.15, 0.2) is 0 Å². The highest BCUT2D eigenvalue weighted by molar-refractivity contribution is 5.70. The Bertz CT molecular complexity index is 450. The molecule has 1 aromatic carbocycles. The van der Waals surface area contributed by atoms with Gasteiger partial charge in [0.05, 0.1) is 12.5 Å². The topological polar surface area (TPSA) is 49.8 Å². The van der Waals surface area contributed by atoms with Crippen LogP contribution >= 0.6 is 0 Å². The first-order chi connectivity index (χ1) is 10.1. The maximum absolute atomic E-state index is 11.0. The summed E-state index contributed by atoms with van der Waals surface area (Å²) in [6.07, 6.45) is 2.52. The summed E-state index contributed by atoms with van der Waals surface area (Å²) in [5.41, 5.74) is 1.30. The molecule has 1 saturated heterocycles. The number of carboxylic acid groups (broad SMARTS) is 1. The van der Waals surface area contributed by atoms with Crippen molar-refractivity contribution in [3.63, 3.8) is 0 Å². The van der Waals surface area contributed by atoms with Crippen LogP contribution in [0.15, 0.2) is 24.3 Å². The molecule has 116 valence electrons. The van der Waals surface area contributed by atoms with E-state index in [0.29, 0.717) is 12.6 Å². The lowest BCUT2D eigenvalue weighted by Gasteiger charge is -2.34. The summed E-state index contributed by atoms with van der Waals surface area (Å²) in [6.45, 7) is 6.66. The van der Waals surface area contributed by atoms with Gasteiger partial charge in [0.25, 0.3) is 0 Å². The van der Waals surface area contributed by atoms with Gasteiger partial charge in [0.2, 0.25) is 0 Å². The number of carboxylic acids is 1. The summed E-state index contributed by atoms with van der Waals surface area (Å²) in [4.78, 5) is 13.4. The highest BCUT2D eigenvalue weighted by Gasteiger charge is 2.26. The van der Waals surface area contributed by atoms with E-state index >= 15 is 0 Å². The molecule has 1 fully saturated rings. The molecule has 0 aromatic heterocycles. The Labute approximate surface area is 126 Å². The second kappa shape index (κ2) is 7.46. The zero-order chi connectivity index (χ0) is 15.2. The van der Waals surface area contributed by atoms with Crippen LogP contribution in [0.1, 0.15) is 32.3 Å². The number of piperidine rings is 1. The van der Waals surface area contributed by atoms with Gasteiger partial charge in [-0.1, -0.05) is 12.1 Å². The molecule has 21 heavy (non-hydrogen) atoms. The van der Waals surface area contributed by atoms with Crippen LogP contribution in [0.4, 0.5) is 0 Å². The molecule has 4 heteroatoms. The first kappa shape index (κ1) is 15.8. The van der Waals surface area contributed by atoms with E-state index in [4.69, 9.17) is 9.84 Å². The molecule has 0 bridgehead atoms. The fourth-order valence-electron chi connectivity index (χ4n) is 2.95. The van der Waals surface area contributed by atoms with Crippen molar-refractivity contribution in [1.29, 1.82) is 0 Å². The molecule has 0 spiro atoms. The maximum atomic E-state index is 11.0. The summed E-state index contributed by atoms with van der Waals surface area (Å²) in [6, 6.07) is 8.71. The maximum Gasteiger partial charge on any atom is 0.306 e. The van der Waals surface area contributed by atoms with Gasteiger partial charge < -0.3 is 14.7 Å². The molecular weight excluding hydrogens is 266 g/mol. The van der Waals surface area contributed by atoms with E-state index in [-0.39, 0.29) is 5.92 Å². The second-order valence-electron chi connectivity index (χ2n) is 5.78. The smallest absolute Gasteiger partial charge is 0.306 e. The van der Waals surface area contributed by atoms with Gasteiger partial charge in [-0.25, -0.2) is 0 Å². The molecule has 2 rings (SSSR count). The highest BCUT2D eigenvalue weighted by Crippen LogP contribution is 2.21. The molecule has 1 aromatic rings. The summed E-state index contributed by atoms with van der Waals surface area (Å²) in [5, 5.41) is 9.04. The largest absolute Gasteiger partial charge is 0.494 e. The molecule has 1 N–H and O–H groups in total. The number of carbonyl (C=O) groups is 1. The lowest BCUT2D eigenvalue weighted by atomic mass is 9.95. The Hall–Kier alpha value is -1.55. The Kier molecular flexibility index (Phi) is 5.62. The highest BCUT2D eigenvalue weighted by atomic mass is 16.5. The summed E-state index contributed by atoms with van der Waals surface area (Å²) < 4.78 is 5.45. The first-order valence-corrected chi connectivity index (χ1v) is 7.78. The molecule has 0 aliphatic carbocycles. The van der Waals surface area contributed by atoms with Gasteiger partial charge >= 0.3 is 5.97 Å². The van der Waals surface area contributed by atoms with Crippen molar-refractivity contribution in [1.82, 2.24) is 4.90 Å². The number of hydrogen-bond acceptors (Lipinski definition) is 3. The van der Waals surface area contributed by atoms with Crippen LogP contribution in [0, 0.1) is 5.92 Å². The zero-order valence-electron chi connectivity index (χ0n) is 12.9. The second-order valence-corrected chi connectivity index (χ2v) is 5.78. The van der Waals surface area contributed by atoms with Gasteiger partial charge in [0.1, 0.15) is 5.75 Å². The molecule has 4 nitrogen and oxygen atoms in total. The van der Waals surface area contributed by atoms with Crippen molar-refractivity contribution in [2.45, 2.75) is 39.2 Å². The normalized spacial score (nSPS) is 18.4. The monoisotopic (exact) mass is 291 g/mol. The lowest BCUT2D eigenvalue weighted by Crippen LogP contribution is -2.42. The molecule has 0 radical (unpaired) electrons. The van der Waals surface area contributed by atoms with E-state index < -0.39 is 5.97 Å². The van der Waals surface area contributed by atoms with Gasteiger partial charge in [-0.2, -0.15) is 0 Å². The number of aliphatic carboxylic acids is 1. The average molecular weight is 291 g/mol. The van der Waals surface area contributed by atoms with Crippen LogP contribution in [0.25, 0.3) is 0 Å². The van der Waals surface area contributed by atoms with Crippen LogP contribution in [0.5, 0.6) is 5.75 Å². The predicted molar refractivity (Wildman–Crippen MR) is 82.7 cm³/mol. The Morgan fingerprint density at radius 3 is 2.48 bits per heavy atom. The van der Waals surface area contributed by atoms with Gasteiger partial charge in [0, 0.05) is 6.04 Å². The predicted octanol–water partition coefficient (Wildman–Crippen LogP) is 2.81. The molecule has 1 aliphatic rings. The van der Waals surface area contributed by atoms with Crippen molar-refractivity contribution >= 4 is 5.97 Å². The number of hydrogen-bond donors (Lipinski definition) is 1. The van der Waals surface area contributed by atoms with Gasteiger partial charge in [-0.15, -0.1) is 0 Å². The SMILES string of the molecule is CCOc1ccc(CC(C)N2CCC(C(=O)O)CC2)cc1. The van der Waals surface area contributed by atoms with Crippen LogP contribution in [-0.2, 0) is 11.2 Å². The number of ether oxygens (including phenoxy) is 1. The van der Waals surface area contributed by atoms with Crippen molar-refractivity contribution < 1.29 is 14.6 Å². The third-order valence-corrected chi connectivity index (χ3v) is 4.27. The van der Waals surface area contributed by atoms with Crippen LogP contribution < -0.4 is 4.74 Å². The van der Waals surface area contributed by atoms with Crippen molar-refractivity contribution in [2.24, 2.45) is 5.92 Å². The van der Waals surface area contributed by atoms with Crippen LogP contribution in [0.3, 0.4) is 0 Å². The molecule has 1 atom stereocenters. The average Bonchev–Trinajstić information content (AvgIpc) is 2.49. The standard InChI is InChI=1S/C17H25NO3/c1-3-21-16-6-4-14(5-7-16)12-13(2)18-10-8-15(9-11-18)17(19)20/h4-7,13,15H,3,8-12H2,1-2H3,(H,19,20). The summed E-state index contributed by atoms with van der Waals surface area (Å²) in [7, 11) is 0. The minimum Gasteiger partial charge on any atom is -0.494 e. The third-order valence-electron chi connectivity index (χ3n) is 4.27. The van der Waals surface area contributed by atoms with E-state index in [0.717, 1.165) is 38.1 Å². The van der Waals surface area contributed by atoms with Crippen molar-refractivity contribution in [3.8, 4) is 5.75 Å². The Balaban J connectivity index is 1.84. The quantitative estimate of drug-likeness (QED) is 0.875. The molecule has 1 heterocycles. The van der Waals surface area contributed by atoms with E-state index in [2.05, 4.69) is 24.0 Å². The van der Waals surface area contributed by atoms with Gasteiger partial charge in [-0.3, -0.25) is 4.79 Å². The van der Waals surface area contributed by atoms with Crippen LogP contribution in [-0.4, -0.2) is 41.7 Å². The molecule has 1 aliphatic heterocycles. The number of rotatable bonds is 6. The fourth-order valence-corrected chi connectivity index (χ4v) is 2.95. The number of benzene rings is 1. The van der Waals surface area contributed by atoms with E-state index in [1.165, 1.54) is 5.56 Å². The fraction of sp³-hybridized carbons (Fsp3) is 0.588. The lowest BCUT2D eigenvalue weighted by molar-refractivity contribution is -0.143. The molecule has 1 unspecified atom stereocenters. The van der Waals surface area contributed by atoms with Crippen LogP contribution in [0.2, 0.25) is 0 Å². The van der Waals surface area contributed by atoms with Gasteiger partial charge in [-0.05, 0) is 63.9 Å². The molecule has 0 amide bonds. The zero-order valence-corrected chi connectivity index (χ0v) is 12.9. The Morgan fingerprint density at radius 1 is 1.33 bits per heavy atom. The summed E-state index contributed by atoms with van der Waals surface area (Å²) >= 11 is 0. The molecular formula is C17H25NO3. The Morgan fingerprint density at radius 2 is 1.95 bits per heavy atom. The van der Waals surface area contributed by atoms with Crippen molar-refractivity contribution in [3.05, 3.63) is 29.8 Å². The molecule has 0 saturated carbocycles. The minimum atomic E-state index is -0.645. The first-order valence-electron chi connectivity index (χ1n) is 7.78. The number of likely N-dealkylation sites (tertiary alicyclic amines) is 1. The van der Waals surface area contributed by atoms with Crippen molar-refractivity contribution in [2.75, 3.05) is 19.7 Å². The summed E-state index contributed by atoms with van der Waals surface area (Å²) in [5.74, 6) is 0.115.